The van der Waals surface area contributed by atoms with Crippen LogP contribution in [0.25, 0.3) is 0 Å². The van der Waals surface area contributed by atoms with E-state index in [1.54, 1.807) is 0 Å². The van der Waals surface area contributed by atoms with Crippen LogP contribution in [0.15, 0.2) is 54.6 Å². The van der Waals surface area contributed by atoms with Crippen LogP contribution in [-0.2, 0) is 17.6 Å². The maximum Gasteiger partial charge on any atom is 0.321 e. The molecule has 0 spiro atoms. The lowest BCUT2D eigenvalue weighted by Crippen LogP contribution is -2.43. The van der Waals surface area contributed by atoms with Gasteiger partial charge in [0, 0.05) is 6.04 Å². The first-order valence-electron chi connectivity index (χ1n) is 8.13. The Morgan fingerprint density at radius 2 is 1.70 bits per heavy atom. The molecule has 2 N–H and O–H groups in total. The molecule has 2 atom stereocenters. The second-order valence-corrected chi connectivity index (χ2v) is 6.17. The van der Waals surface area contributed by atoms with E-state index in [2.05, 4.69) is 43.4 Å². The molecule has 0 radical (unpaired) electrons. The molecule has 0 aliphatic carbocycles. The lowest BCUT2D eigenvalue weighted by molar-refractivity contribution is -0.139. The minimum Gasteiger partial charge on any atom is -0.480 e. The summed E-state index contributed by atoms with van der Waals surface area (Å²) in [4.78, 5) is 11.5. The molecule has 0 fully saturated rings. The van der Waals surface area contributed by atoms with Crippen LogP contribution >= 0.6 is 0 Å². The molecule has 3 nitrogen and oxygen atoms in total. The zero-order valence-corrected chi connectivity index (χ0v) is 13.8. The third kappa shape index (κ3) is 5.87. The molecule has 122 valence electrons. The number of carboxylic acid groups (broad SMARTS) is 1. The molecular formula is C20H25NO2. The van der Waals surface area contributed by atoms with E-state index in [9.17, 15) is 9.90 Å². The van der Waals surface area contributed by atoms with Crippen LogP contribution < -0.4 is 5.32 Å². The summed E-state index contributed by atoms with van der Waals surface area (Å²) in [5, 5.41) is 12.7. The van der Waals surface area contributed by atoms with Crippen molar-refractivity contribution in [2.75, 3.05) is 0 Å². The number of hydrogen-bond donors (Lipinski definition) is 2. The number of aliphatic carboxylic acids is 1. The second-order valence-electron chi connectivity index (χ2n) is 6.17. The Morgan fingerprint density at radius 1 is 1.04 bits per heavy atom. The number of hydrogen-bond acceptors (Lipinski definition) is 2. The van der Waals surface area contributed by atoms with E-state index in [0.29, 0.717) is 6.42 Å². The fourth-order valence-electron chi connectivity index (χ4n) is 2.63. The normalized spacial score (nSPS) is 13.5. The minimum atomic E-state index is -0.795. The highest BCUT2D eigenvalue weighted by Gasteiger charge is 2.19. The number of aryl methyl sites for hydroxylation is 2. The molecule has 23 heavy (non-hydrogen) atoms. The monoisotopic (exact) mass is 311 g/mol. The summed E-state index contributed by atoms with van der Waals surface area (Å²) in [5.74, 6) is -0.795. The molecule has 0 saturated carbocycles. The third-order valence-corrected chi connectivity index (χ3v) is 4.05. The molecule has 2 rings (SSSR count). The first-order chi connectivity index (χ1) is 11.0. The maximum atomic E-state index is 11.5. The first-order valence-corrected chi connectivity index (χ1v) is 8.13. The van der Waals surface area contributed by atoms with Crippen LogP contribution in [0.4, 0.5) is 0 Å². The average Bonchev–Trinajstić information content (AvgIpc) is 2.54. The highest BCUT2D eigenvalue weighted by Crippen LogP contribution is 2.09. The molecular weight excluding hydrogens is 286 g/mol. The Balaban J connectivity index is 1.86. The largest absolute Gasteiger partial charge is 0.480 e. The summed E-state index contributed by atoms with van der Waals surface area (Å²) in [6.07, 6.45) is 2.37. The Kier molecular flexibility index (Phi) is 6.36. The summed E-state index contributed by atoms with van der Waals surface area (Å²) >= 11 is 0. The van der Waals surface area contributed by atoms with E-state index in [1.165, 1.54) is 11.1 Å². The predicted octanol–water partition coefficient (Wildman–Crippen LogP) is 3.60. The number of nitrogens with one attached hydrogen (secondary N) is 1. The van der Waals surface area contributed by atoms with Crippen LogP contribution in [0.1, 0.15) is 30.0 Å². The van der Waals surface area contributed by atoms with Crippen molar-refractivity contribution in [1.82, 2.24) is 5.32 Å². The van der Waals surface area contributed by atoms with E-state index in [0.717, 1.165) is 18.4 Å². The summed E-state index contributed by atoms with van der Waals surface area (Å²) in [5.41, 5.74) is 3.59. The molecule has 0 aromatic heterocycles. The zero-order valence-electron chi connectivity index (χ0n) is 13.8. The average molecular weight is 311 g/mol. The van der Waals surface area contributed by atoms with E-state index in [-0.39, 0.29) is 6.04 Å². The standard InChI is InChI=1S/C20H25NO2/c1-15-8-11-17(12-9-15)13-10-16(2)21-19(20(22)23)14-18-6-4-3-5-7-18/h3-9,11-12,16,19,21H,10,13-14H2,1-2H3,(H,22,23)/t16?,19-/m1/s1. The van der Waals surface area contributed by atoms with Gasteiger partial charge in [-0.2, -0.15) is 0 Å². The van der Waals surface area contributed by atoms with Crippen molar-refractivity contribution in [2.45, 2.75) is 45.2 Å². The first kappa shape index (κ1) is 17.2. The molecule has 0 saturated heterocycles. The van der Waals surface area contributed by atoms with Crippen LogP contribution in [0.3, 0.4) is 0 Å². The van der Waals surface area contributed by atoms with E-state index < -0.39 is 12.0 Å². The van der Waals surface area contributed by atoms with Crippen molar-refractivity contribution >= 4 is 5.97 Å². The van der Waals surface area contributed by atoms with Gasteiger partial charge in [-0.3, -0.25) is 4.79 Å². The Labute approximate surface area is 138 Å². The van der Waals surface area contributed by atoms with Crippen molar-refractivity contribution < 1.29 is 9.90 Å². The van der Waals surface area contributed by atoms with Crippen LogP contribution in [0, 0.1) is 6.92 Å². The second kappa shape index (κ2) is 8.49. The lowest BCUT2D eigenvalue weighted by atomic mass is 10.0. The highest BCUT2D eigenvalue weighted by molar-refractivity contribution is 5.74. The quantitative estimate of drug-likeness (QED) is 0.783. The van der Waals surface area contributed by atoms with E-state index in [1.807, 2.05) is 30.3 Å². The molecule has 1 unspecified atom stereocenters. The van der Waals surface area contributed by atoms with Gasteiger partial charge >= 0.3 is 5.97 Å². The van der Waals surface area contributed by atoms with Gasteiger partial charge in [0.25, 0.3) is 0 Å². The van der Waals surface area contributed by atoms with Gasteiger partial charge in [-0.1, -0.05) is 60.2 Å². The number of rotatable bonds is 8. The van der Waals surface area contributed by atoms with E-state index >= 15 is 0 Å². The van der Waals surface area contributed by atoms with Crippen LogP contribution in [0.5, 0.6) is 0 Å². The van der Waals surface area contributed by atoms with Crippen molar-refractivity contribution in [1.29, 1.82) is 0 Å². The summed E-state index contributed by atoms with van der Waals surface area (Å²) < 4.78 is 0. The predicted molar refractivity (Wildman–Crippen MR) is 93.7 cm³/mol. The van der Waals surface area contributed by atoms with Gasteiger partial charge in [0.15, 0.2) is 0 Å². The van der Waals surface area contributed by atoms with Crippen molar-refractivity contribution in [2.24, 2.45) is 0 Å². The third-order valence-electron chi connectivity index (χ3n) is 4.05. The van der Waals surface area contributed by atoms with Gasteiger partial charge in [-0.15, -0.1) is 0 Å². The maximum absolute atomic E-state index is 11.5. The van der Waals surface area contributed by atoms with Crippen molar-refractivity contribution in [3.63, 3.8) is 0 Å². The molecule has 0 heterocycles. The Morgan fingerprint density at radius 3 is 2.30 bits per heavy atom. The van der Waals surface area contributed by atoms with Gasteiger partial charge in [-0.25, -0.2) is 0 Å². The van der Waals surface area contributed by atoms with E-state index in [4.69, 9.17) is 0 Å². The molecule has 0 amide bonds. The summed E-state index contributed by atoms with van der Waals surface area (Å²) in [6.45, 7) is 4.13. The molecule has 0 aliphatic rings. The van der Waals surface area contributed by atoms with Crippen LogP contribution in [0.2, 0.25) is 0 Å². The molecule has 0 bridgehead atoms. The molecule has 2 aromatic rings. The smallest absolute Gasteiger partial charge is 0.321 e. The Hall–Kier alpha value is -2.13. The topological polar surface area (TPSA) is 49.3 Å². The summed E-state index contributed by atoms with van der Waals surface area (Å²) in [7, 11) is 0. The van der Waals surface area contributed by atoms with Crippen LogP contribution in [-0.4, -0.2) is 23.2 Å². The molecule has 0 aliphatic heterocycles. The van der Waals surface area contributed by atoms with Gasteiger partial charge in [0.2, 0.25) is 0 Å². The van der Waals surface area contributed by atoms with Gasteiger partial charge in [0.1, 0.15) is 6.04 Å². The fourth-order valence-corrected chi connectivity index (χ4v) is 2.63. The number of carbonyl (C=O) groups is 1. The molecule has 3 heteroatoms. The number of benzene rings is 2. The van der Waals surface area contributed by atoms with Gasteiger partial charge in [0.05, 0.1) is 0 Å². The summed E-state index contributed by atoms with van der Waals surface area (Å²) in [6, 6.07) is 17.9. The SMILES string of the molecule is Cc1ccc(CCC(C)N[C@H](Cc2ccccc2)C(=O)O)cc1. The number of carboxylic acids is 1. The molecule has 2 aromatic carbocycles. The van der Waals surface area contributed by atoms with Gasteiger partial charge in [-0.05, 0) is 44.2 Å². The lowest BCUT2D eigenvalue weighted by Gasteiger charge is -2.20. The van der Waals surface area contributed by atoms with Crippen molar-refractivity contribution in [3.8, 4) is 0 Å². The minimum absolute atomic E-state index is 0.154. The fraction of sp³-hybridized carbons (Fsp3) is 0.350. The van der Waals surface area contributed by atoms with Gasteiger partial charge < -0.3 is 10.4 Å². The highest BCUT2D eigenvalue weighted by atomic mass is 16.4. The Bertz CT molecular complexity index is 607. The van der Waals surface area contributed by atoms with Crippen molar-refractivity contribution in [3.05, 3.63) is 71.3 Å². The zero-order chi connectivity index (χ0) is 16.7.